The molecule has 0 atom stereocenters. The van der Waals surface area contributed by atoms with Crippen molar-refractivity contribution in [2.24, 2.45) is 0 Å². The molecular weight excluding hydrogens is 209 g/mol. The Balaban J connectivity index is 0. The number of hydrogen-bond donors (Lipinski definition) is 2. The molecule has 1 N–H and O–H groups in total. The fraction of sp³-hybridized carbons (Fsp3) is 1.00. The molecule has 11 heavy (non-hydrogen) atoms. The number of alkyl halides is 2. The van der Waals surface area contributed by atoms with Crippen LogP contribution in [-0.2, 0) is 10.1 Å². The van der Waals surface area contributed by atoms with E-state index in [1.165, 1.54) is 0 Å². The molecular formula is C3H7F2NaO3S2. The van der Waals surface area contributed by atoms with E-state index in [2.05, 4.69) is 12.6 Å². The summed E-state index contributed by atoms with van der Waals surface area (Å²) in [7, 11) is -5.25. The summed E-state index contributed by atoms with van der Waals surface area (Å²) in [5.41, 5.74) is 0. The van der Waals surface area contributed by atoms with Gasteiger partial charge in [0.1, 0.15) is 0 Å². The number of rotatable bonds is 3. The molecule has 0 aromatic heterocycles. The van der Waals surface area contributed by atoms with Crippen molar-refractivity contribution in [3.63, 3.8) is 0 Å². The normalized spacial score (nSPS) is 12.4. The molecule has 0 aliphatic rings. The summed E-state index contributed by atoms with van der Waals surface area (Å²) in [5.74, 6) is -0.299. The van der Waals surface area contributed by atoms with Gasteiger partial charge in [0.2, 0.25) is 0 Å². The monoisotopic (exact) mass is 216 g/mol. The Hall–Kier alpha value is 1.12. The van der Waals surface area contributed by atoms with Crippen molar-refractivity contribution in [1.29, 1.82) is 0 Å². The summed E-state index contributed by atoms with van der Waals surface area (Å²) in [4.78, 5) is 0. The summed E-state index contributed by atoms with van der Waals surface area (Å²) in [5, 5.41) is -4.06. The van der Waals surface area contributed by atoms with Gasteiger partial charge >= 0.3 is 44.9 Å². The first-order valence-corrected chi connectivity index (χ1v) is 4.34. The summed E-state index contributed by atoms with van der Waals surface area (Å²) >= 11 is 3.39. The minimum atomic E-state index is -5.25. The van der Waals surface area contributed by atoms with Crippen LogP contribution in [0.25, 0.3) is 0 Å². The van der Waals surface area contributed by atoms with Crippen molar-refractivity contribution in [1.82, 2.24) is 0 Å². The second kappa shape index (κ2) is 4.98. The van der Waals surface area contributed by atoms with Crippen LogP contribution in [0.15, 0.2) is 0 Å². The Morgan fingerprint density at radius 3 is 1.91 bits per heavy atom. The van der Waals surface area contributed by atoms with E-state index in [0.717, 1.165) is 0 Å². The SMILES string of the molecule is O=S(=O)(O)C(F)(F)CCS.[NaH]. The van der Waals surface area contributed by atoms with E-state index < -0.39 is 21.8 Å². The zero-order valence-corrected chi connectivity index (χ0v) is 6.50. The van der Waals surface area contributed by atoms with Crippen LogP contribution >= 0.6 is 12.6 Å². The van der Waals surface area contributed by atoms with Crippen molar-refractivity contribution >= 4 is 52.3 Å². The third-order valence-electron chi connectivity index (χ3n) is 0.780. The van der Waals surface area contributed by atoms with Gasteiger partial charge in [-0.05, 0) is 5.75 Å². The summed E-state index contributed by atoms with van der Waals surface area (Å²) in [6.07, 6.45) is -0.977. The van der Waals surface area contributed by atoms with Crippen LogP contribution in [0.4, 0.5) is 8.78 Å². The van der Waals surface area contributed by atoms with E-state index in [-0.39, 0.29) is 35.3 Å². The average Bonchev–Trinajstić information content (AvgIpc) is 1.61. The molecule has 0 aliphatic carbocycles. The van der Waals surface area contributed by atoms with Crippen LogP contribution in [-0.4, -0.2) is 53.5 Å². The van der Waals surface area contributed by atoms with E-state index in [0.29, 0.717) is 0 Å². The maximum absolute atomic E-state index is 12.0. The standard InChI is InChI=1S/C3H6F2O3S2.Na.H/c4-3(5,1-2-9)10(6,7)8;;/h9H,1-2H2,(H,6,7,8);;. The first kappa shape index (κ1) is 14.6. The van der Waals surface area contributed by atoms with Crippen LogP contribution < -0.4 is 0 Å². The van der Waals surface area contributed by atoms with Crippen molar-refractivity contribution in [2.75, 3.05) is 5.75 Å². The molecule has 0 unspecified atom stereocenters. The quantitative estimate of drug-likeness (QED) is 0.401. The van der Waals surface area contributed by atoms with Crippen molar-refractivity contribution in [2.45, 2.75) is 11.7 Å². The van der Waals surface area contributed by atoms with E-state index in [9.17, 15) is 17.2 Å². The van der Waals surface area contributed by atoms with Crippen LogP contribution in [0.2, 0.25) is 0 Å². The third kappa shape index (κ3) is 4.64. The molecule has 0 saturated heterocycles. The molecule has 8 heteroatoms. The van der Waals surface area contributed by atoms with Gasteiger partial charge in [-0.1, -0.05) is 0 Å². The first-order valence-electron chi connectivity index (χ1n) is 2.27. The summed E-state index contributed by atoms with van der Waals surface area (Å²) < 4.78 is 51.6. The maximum atomic E-state index is 12.0. The molecule has 3 nitrogen and oxygen atoms in total. The molecule has 0 radical (unpaired) electrons. The third-order valence-corrected chi connectivity index (χ3v) is 1.96. The molecule has 0 bridgehead atoms. The molecule has 0 fully saturated rings. The van der Waals surface area contributed by atoms with Gasteiger partial charge in [0, 0.05) is 6.42 Å². The molecule has 0 rings (SSSR count). The minimum absolute atomic E-state index is 0. The Bertz CT molecular complexity index is 203. The first-order chi connectivity index (χ1) is 4.31. The zero-order chi connectivity index (χ0) is 8.41. The van der Waals surface area contributed by atoms with E-state index in [4.69, 9.17) is 4.55 Å². The Kier molecular flexibility index (Phi) is 6.63. The number of halogens is 2. The second-order valence-electron chi connectivity index (χ2n) is 1.59. The topological polar surface area (TPSA) is 54.4 Å². The molecule has 0 saturated carbocycles. The van der Waals surface area contributed by atoms with Crippen LogP contribution in [0.1, 0.15) is 6.42 Å². The van der Waals surface area contributed by atoms with Gasteiger partial charge in [-0.3, -0.25) is 4.55 Å². The Morgan fingerprint density at radius 2 is 1.82 bits per heavy atom. The van der Waals surface area contributed by atoms with Gasteiger partial charge in [0.05, 0.1) is 0 Å². The van der Waals surface area contributed by atoms with E-state index in [1.54, 1.807) is 0 Å². The van der Waals surface area contributed by atoms with Gasteiger partial charge in [0.25, 0.3) is 0 Å². The Labute approximate surface area is 91.0 Å². The predicted molar refractivity (Wildman–Crippen MR) is 42.1 cm³/mol. The van der Waals surface area contributed by atoms with Crippen LogP contribution in [0.5, 0.6) is 0 Å². The van der Waals surface area contributed by atoms with E-state index >= 15 is 0 Å². The van der Waals surface area contributed by atoms with Crippen molar-refractivity contribution < 1.29 is 21.8 Å². The fourth-order valence-corrected chi connectivity index (χ4v) is 1.05. The van der Waals surface area contributed by atoms with Crippen molar-refractivity contribution in [3.8, 4) is 0 Å². The van der Waals surface area contributed by atoms with Gasteiger partial charge in [0.15, 0.2) is 0 Å². The van der Waals surface area contributed by atoms with Crippen LogP contribution in [0.3, 0.4) is 0 Å². The average molecular weight is 216 g/mol. The van der Waals surface area contributed by atoms with Gasteiger partial charge in [-0.2, -0.15) is 29.8 Å². The second-order valence-corrected chi connectivity index (χ2v) is 3.58. The summed E-state index contributed by atoms with van der Waals surface area (Å²) in [6.45, 7) is 0. The van der Waals surface area contributed by atoms with Gasteiger partial charge < -0.3 is 0 Å². The van der Waals surface area contributed by atoms with Gasteiger partial charge in [-0.25, -0.2) is 0 Å². The van der Waals surface area contributed by atoms with Crippen molar-refractivity contribution in [3.05, 3.63) is 0 Å². The number of thiol groups is 1. The molecule has 0 spiro atoms. The molecule has 0 aliphatic heterocycles. The molecule has 0 amide bonds. The van der Waals surface area contributed by atoms with Crippen LogP contribution in [0, 0.1) is 0 Å². The molecule has 0 heterocycles. The predicted octanol–water partition coefficient (Wildman–Crippen LogP) is 0.138. The Morgan fingerprint density at radius 1 is 1.45 bits per heavy atom. The number of hydrogen-bond acceptors (Lipinski definition) is 3. The summed E-state index contributed by atoms with van der Waals surface area (Å²) in [6, 6.07) is 0. The molecule has 0 aromatic carbocycles. The van der Waals surface area contributed by atoms with E-state index in [1.807, 2.05) is 0 Å². The molecule has 64 valence electrons. The fourth-order valence-electron chi connectivity index (χ4n) is 0.259. The molecule has 0 aromatic rings. The van der Waals surface area contributed by atoms with Gasteiger partial charge in [-0.15, -0.1) is 0 Å². The zero-order valence-electron chi connectivity index (χ0n) is 4.79.